The molecule has 1 aromatic rings. The molecule has 0 fully saturated rings. The molecule has 0 spiro atoms. The van der Waals surface area contributed by atoms with Crippen molar-refractivity contribution in [2.75, 3.05) is 0 Å². The predicted octanol–water partition coefficient (Wildman–Crippen LogP) is 4.48. The van der Waals surface area contributed by atoms with Gasteiger partial charge in [-0.05, 0) is 17.7 Å². The third-order valence-electron chi connectivity index (χ3n) is 2.25. The summed E-state index contributed by atoms with van der Waals surface area (Å²) >= 11 is 9.95. The van der Waals surface area contributed by atoms with Gasteiger partial charge in [-0.3, -0.25) is 0 Å². The van der Waals surface area contributed by atoms with E-state index in [0.717, 1.165) is 12.1 Å². The van der Waals surface area contributed by atoms with Crippen LogP contribution in [0.1, 0.15) is 17.2 Å². The monoisotopic (exact) mass is 326 g/mol. The Balaban J connectivity index is 3.18. The second-order valence-corrected chi connectivity index (χ2v) is 5.03. The van der Waals surface area contributed by atoms with Gasteiger partial charge in [0, 0.05) is 0 Å². The smallest absolute Gasteiger partial charge is 0.385 e. The molecule has 0 bridgehead atoms. The lowest BCUT2D eigenvalue weighted by Crippen LogP contribution is -2.40. The molecule has 0 aliphatic heterocycles. The van der Waals surface area contributed by atoms with E-state index in [2.05, 4.69) is 0 Å². The quantitative estimate of drug-likeness (QED) is 0.627. The van der Waals surface area contributed by atoms with Gasteiger partial charge in [0.25, 0.3) is 0 Å². The molecule has 1 nitrogen and oxygen atoms in total. The zero-order valence-electron chi connectivity index (χ0n) is 8.86. The minimum atomic E-state index is -5.20. The molecule has 0 aliphatic carbocycles. The van der Waals surface area contributed by atoms with Crippen molar-refractivity contribution >= 4 is 23.2 Å². The van der Waals surface area contributed by atoms with Crippen LogP contribution in [0.3, 0.4) is 0 Å². The SMILES string of the molecule is OC(c1cccc(C(F)(F)F)c1)C(Cl)(Cl)C(F)(F)F. The molecule has 0 radical (unpaired) electrons. The van der Waals surface area contributed by atoms with Crippen LogP contribution in [-0.2, 0) is 6.18 Å². The third kappa shape index (κ3) is 3.46. The second kappa shape index (κ2) is 5.03. The molecule has 1 N–H and O–H groups in total. The van der Waals surface area contributed by atoms with Gasteiger partial charge in [-0.15, -0.1) is 0 Å². The fourth-order valence-electron chi connectivity index (χ4n) is 1.25. The van der Waals surface area contributed by atoms with Crippen molar-refractivity contribution in [2.24, 2.45) is 0 Å². The number of alkyl halides is 8. The van der Waals surface area contributed by atoms with Crippen LogP contribution in [0, 0.1) is 0 Å². The Morgan fingerprint density at radius 2 is 1.53 bits per heavy atom. The zero-order valence-corrected chi connectivity index (χ0v) is 10.4. The summed E-state index contributed by atoms with van der Waals surface area (Å²) in [6.45, 7) is 0. The number of benzene rings is 1. The van der Waals surface area contributed by atoms with Crippen molar-refractivity contribution in [3.05, 3.63) is 35.4 Å². The summed E-state index contributed by atoms with van der Waals surface area (Å²) in [5, 5.41) is 9.42. The first-order valence-corrected chi connectivity index (χ1v) is 5.42. The van der Waals surface area contributed by atoms with E-state index >= 15 is 0 Å². The van der Waals surface area contributed by atoms with E-state index in [1.54, 1.807) is 0 Å². The maximum absolute atomic E-state index is 12.5. The van der Waals surface area contributed by atoms with E-state index in [1.807, 2.05) is 0 Å². The van der Waals surface area contributed by atoms with Gasteiger partial charge >= 0.3 is 12.4 Å². The number of halogens is 8. The molecule has 19 heavy (non-hydrogen) atoms. The lowest BCUT2D eigenvalue weighted by Gasteiger charge is -2.28. The Bertz CT molecular complexity index is 454. The van der Waals surface area contributed by atoms with Crippen molar-refractivity contribution in [1.29, 1.82) is 0 Å². The van der Waals surface area contributed by atoms with Crippen LogP contribution in [0.25, 0.3) is 0 Å². The van der Waals surface area contributed by atoms with Gasteiger partial charge in [0.2, 0.25) is 4.33 Å². The topological polar surface area (TPSA) is 20.2 Å². The number of hydrogen-bond donors (Lipinski definition) is 1. The summed E-state index contributed by atoms with van der Waals surface area (Å²) in [6, 6.07) is 2.72. The molecule has 1 unspecified atom stereocenters. The van der Waals surface area contributed by atoms with Gasteiger partial charge in [0.15, 0.2) is 0 Å². The minimum absolute atomic E-state index is 0.357. The van der Waals surface area contributed by atoms with Crippen molar-refractivity contribution in [1.82, 2.24) is 0 Å². The molecule has 1 aromatic carbocycles. The Hall–Kier alpha value is -0.660. The van der Waals surface area contributed by atoms with Gasteiger partial charge in [-0.1, -0.05) is 35.3 Å². The van der Waals surface area contributed by atoms with Gasteiger partial charge < -0.3 is 5.11 Å². The number of hydrogen-bond acceptors (Lipinski definition) is 1. The number of aliphatic hydroxyl groups excluding tert-OH is 1. The van der Waals surface area contributed by atoms with Crippen LogP contribution in [0.2, 0.25) is 0 Å². The predicted molar refractivity (Wildman–Crippen MR) is 56.9 cm³/mol. The fraction of sp³-hybridized carbons (Fsp3) is 0.400. The highest BCUT2D eigenvalue weighted by molar-refractivity contribution is 6.49. The fourth-order valence-corrected chi connectivity index (χ4v) is 1.50. The zero-order chi connectivity index (χ0) is 15.1. The average molecular weight is 327 g/mol. The van der Waals surface area contributed by atoms with Crippen molar-refractivity contribution in [2.45, 2.75) is 22.8 Å². The van der Waals surface area contributed by atoms with E-state index in [1.165, 1.54) is 0 Å². The Morgan fingerprint density at radius 3 is 1.95 bits per heavy atom. The molecule has 108 valence electrons. The molecule has 0 aliphatic rings. The Morgan fingerprint density at radius 1 is 1.00 bits per heavy atom. The largest absolute Gasteiger partial charge is 0.424 e. The summed E-state index contributed by atoms with van der Waals surface area (Å²) in [5.74, 6) is 0. The number of rotatable bonds is 2. The van der Waals surface area contributed by atoms with Crippen LogP contribution < -0.4 is 0 Å². The minimum Gasteiger partial charge on any atom is -0.385 e. The van der Waals surface area contributed by atoms with Gasteiger partial charge in [-0.25, -0.2) is 0 Å². The molecule has 0 aromatic heterocycles. The highest BCUT2D eigenvalue weighted by atomic mass is 35.5. The summed E-state index contributed by atoms with van der Waals surface area (Å²) in [6.07, 6.45) is -12.5. The lowest BCUT2D eigenvalue weighted by atomic mass is 10.0. The second-order valence-electron chi connectivity index (χ2n) is 3.65. The maximum atomic E-state index is 12.5. The highest BCUT2D eigenvalue weighted by Gasteiger charge is 2.58. The Kier molecular flexibility index (Phi) is 4.34. The van der Waals surface area contributed by atoms with Gasteiger partial charge in [-0.2, -0.15) is 26.3 Å². The van der Waals surface area contributed by atoms with Crippen LogP contribution in [0.15, 0.2) is 24.3 Å². The van der Waals surface area contributed by atoms with Crippen molar-refractivity contribution < 1.29 is 31.4 Å². The summed E-state index contributed by atoms with van der Waals surface area (Å²) < 4.78 is 70.9. The average Bonchev–Trinajstić information content (AvgIpc) is 2.25. The Labute approximate surface area is 113 Å². The normalized spacial score (nSPS) is 15.4. The van der Waals surface area contributed by atoms with E-state index < -0.39 is 33.9 Å². The van der Waals surface area contributed by atoms with Crippen LogP contribution in [-0.4, -0.2) is 15.6 Å². The first-order chi connectivity index (χ1) is 8.37. The summed E-state index contributed by atoms with van der Waals surface area (Å²) in [4.78, 5) is 0. The van der Waals surface area contributed by atoms with Gasteiger partial charge in [0.05, 0.1) is 5.56 Å². The molecule has 0 saturated carbocycles. The molecule has 0 heterocycles. The molecule has 9 heteroatoms. The molecule has 0 saturated heterocycles. The molecule has 1 rings (SSSR count). The van der Waals surface area contributed by atoms with Crippen molar-refractivity contribution in [3.63, 3.8) is 0 Å². The van der Waals surface area contributed by atoms with E-state index in [9.17, 15) is 31.4 Å². The van der Waals surface area contributed by atoms with Crippen LogP contribution >= 0.6 is 23.2 Å². The van der Waals surface area contributed by atoms with E-state index in [4.69, 9.17) is 23.2 Å². The first kappa shape index (κ1) is 16.4. The molecule has 0 amide bonds. The first-order valence-electron chi connectivity index (χ1n) is 4.67. The molecular weight excluding hydrogens is 321 g/mol. The highest BCUT2D eigenvalue weighted by Crippen LogP contribution is 2.48. The summed E-state index contributed by atoms with van der Waals surface area (Å²) in [7, 11) is 0. The van der Waals surface area contributed by atoms with E-state index in [0.29, 0.717) is 12.1 Å². The standard InChI is InChI=1S/C10H6Cl2F6O/c11-8(12,10(16,17)18)7(19)5-2-1-3-6(4-5)9(13,14)15/h1-4,7,19H. The van der Waals surface area contributed by atoms with Crippen LogP contribution in [0.5, 0.6) is 0 Å². The van der Waals surface area contributed by atoms with Gasteiger partial charge in [0.1, 0.15) is 6.10 Å². The third-order valence-corrected chi connectivity index (χ3v) is 3.09. The maximum Gasteiger partial charge on any atom is 0.424 e. The van der Waals surface area contributed by atoms with Crippen molar-refractivity contribution in [3.8, 4) is 0 Å². The van der Waals surface area contributed by atoms with E-state index in [-0.39, 0.29) is 0 Å². The number of aliphatic hydroxyl groups is 1. The molecule has 1 atom stereocenters. The lowest BCUT2D eigenvalue weighted by molar-refractivity contribution is -0.162. The van der Waals surface area contributed by atoms with Crippen LogP contribution in [0.4, 0.5) is 26.3 Å². The summed E-state index contributed by atoms with van der Waals surface area (Å²) in [5.41, 5.74) is -1.90. The molecular formula is C10H6Cl2F6O.